The molecule has 0 atom stereocenters. The Hall–Kier alpha value is 0.490. The molecule has 66 valence electrons. The van der Waals surface area contributed by atoms with Crippen molar-refractivity contribution in [3.8, 4) is 0 Å². The molecule has 2 heteroatoms. The van der Waals surface area contributed by atoms with Gasteiger partial charge < -0.3 is 0 Å². The van der Waals surface area contributed by atoms with E-state index in [0.717, 1.165) is 0 Å². The molecular weight excluding hydrogens is 328 g/mol. The zero-order valence-electron chi connectivity index (χ0n) is 7.56. The van der Waals surface area contributed by atoms with Gasteiger partial charge in [-0.25, -0.2) is 0 Å². The molecule has 0 aromatic heterocycles. The van der Waals surface area contributed by atoms with E-state index < -0.39 is 0 Å². The van der Waals surface area contributed by atoms with Crippen LogP contribution in [-0.2, 0) is 5.41 Å². The van der Waals surface area contributed by atoms with Crippen LogP contribution in [0.5, 0.6) is 0 Å². The summed E-state index contributed by atoms with van der Waals surface area (Å²) in [4.78, 5) is 0. The van der Waals surface area contributed by atoms with Gasteiger partial charge in [-0.05, 0) is 0 Å². The van der Waals surface area contributed by atoms with Crippen LogP contribution in [0.2, 0.25) is 0 Å². The van der Waals surface area contributed by atoms with E-state index in [2.05, 4.69) is 54.9 Å². The second-order valence-electron chi connectivity index (χ2n) is 3.95. The Morgan fingerprint density at radius 3 is 2.17 bits per heavy atom. The summed E-state index contributed by atoms with van der Waals surface area (Å²) in [5.74, 6) is 0. The summed E-state index contributed by atoms with van der Waals surface area (Å²) >= 11 is 5.28. The monoisotopic (exact) mass is 342 g/mol. The molecule has 0 saturated carbocycles. The molecule has 0 unspecified atom stereocenters. The van der Waals surface area contributed by atoms with E-state index >= 15 is 0 Å². The van der Waals surface area contributed by atoms with Gasteiger partial charge in [0, 0.05) is 0 Å². The molecular formula is C10H13BrTe. The quantitative estimate of drug-likeness (QED) is 0.636. The number of rotatable bonds is 0. The van der Waals surface area contributed by atoms with Crippen molar-refractivity contribution in [1.82, 2.24) is 0 Å². The molecule has 0 bridgehead atoms. The molecule has 0 aliphatic heterocycles. The first-order valence-electron chi connectivity index (χ1n) is 3.89. The van der Waals surface area contributed by atoms with E-state index in [1.165, 1.54) is 13.6 Å². The van der Waals surface area contributed by atoms with Crippen LogP contribution in [0, 0.1) is 0 Å². The summed E-state index contributed by atoms with van der Waals surface area (Å²) in [6.45, 7) is 6.71. The molecule has 12 heavy (non-hydrogen) atoms. The van der Waals surface area contributed by atoms with Crippen LogP contribution >= 0.6 is 15.9 Å². The molecule has 0 aliphatic rings. The standard InChI is InChI=1S/C10H13BrTe/c1-10(2,3)7-4-8(11)6-9(12)5-7/h4-6,12H,1-3H3. The first kappa shape index (κ1) is 10.6. The van der Waals surface area contributed by atoms with Crippen molar-refractivity contribution in [1.29, 1.82) is 0 Å². The Labute approximate surface area is 95.8 Å². The van der Waals surface area contributed by atoms with Gasteiger partial charge in [-0.2, -0.15) is 0 Å². The van der Waals surface area contributed by atoms with Crippen molar-refractivity contribution >= 4 is 41.8 Å². The molecule has 0 fully saturated rings. The maximum atomic E-state index is 3.51. The molecule has 0 aliphatic carbocycles. The van der Waals surface area contributed by atoms with Gasteiger partial charge in [-0.15, -0.1) is 0 Å². The van der Waals surface area contributed by atoms with E-state index in [4.69, 9.17) is 0 Å². The van der Waals surface area contributed by atoms with E-state index in [0.29, 0.717) is 0 Å². The van der Waals surface area contributed by atoms with E-state index in [1.807, 2.05) is 0 Å². The van der Waals surface area contributed by atoms with E-state index in [1.54, 1.807) is 22.3 Å². The average molecular weight is 341 g/mol. The molecule has 0 amide bonds. The SMILES string of the molecule is CC(C)(C)c1cc(Br)cc([TeH])c1. The molecule has 1 rings (SSSR count). The van der Waals surface area contributed by atoms with Crippen molar-refractivity contribution in [2.45, 2.75) is 26.2 Å². The molecule has 0 radical (unpaired) electrons. The van der Waals surface area contributed by atoms with Crippen LogP contribution in [-0.4, -0.2) is 22.3 Å². The van der Waals surface area contributed by atoms with Crippen LogP contribution in [0.4, 0.5) is 0 Å². The zero-order chi connectivity index (χ0) is 9.35. The molecule has 0 N–H and O–H groups in total. The third-order valence-corrected chi connectivity index (χ3v) is 2.94. The fourth-order valence-electron chi connectivity index (χ4n) is 1.01. The van der Waals surface area contributed by atoms with Crippen molar-refractivity contribution in [2.75, 3.05) is 0 Å². The number of hydrogen-bond acceptors (Lipinski definition) is 0. The van der Waals surface area contributed by atoms with Crippen molar-refractivity contribution in [2.24, 2.45) is 0 Å². The van der Waals surface area contributed by atoms with Gasteiger partial charge >= 0.3 is 96.3 Å². The van der Waals surface area contributed by atoms with Crippen molar-refractivity contribution in [3.63, 3.8) is 0 Å². The minimum atomic E-state index is 0.253. The van der Waals surface area contributed by atoms with Crippen molar-refractivity contribution < 1.29 is 0 Å². The Bertz CT molecular complexity index is 266. The molecule has 0 spiro atoms. The van der Waals surface area contributed by atoms with Gasteiger partial charge in [0.1, 0.15) is 0 Å². The topological polar surface area (TPSA) is 0 Å². The first-order chi connectivity index (χ1) is 5.39. The maximum absolute atomic E-state index is 3.51. The fourth-order valence-corrected chi connectivity index (χ4v) is 2.82. The molecule has 1 aromatic carbocycles. The minimum absolute atomic E-state index is 0.253. The molecule has 0 saturated heterocycles. The summed E-state index contributed by atoms with van der Waals surface area (Å²) in [6.07, 6.45) is 0. The van der Waals surface area contributed by atoms with Gasteiger partial charge in [0.05, 0.1) is 0 Å². The average Bonchev–Trinajstić information content (AvgIpc) is 1.82. The van der Waals surface area contributed by atoms with Gasteiger partial charge in [0.25, 0.3) is 0 Å². The summed E-state index contributed by atoms with van der Waals surface area (Å²) in [5, 5.41) is 0. The van der Waals surface area contributed by atoms with E-state index in [9.17, 15) is 0 Å². The number of hydrogen-bond donors (Lipinski definition) is 0. The van der Waals surface area contributed by atoms with Gasteiger partial charge in [-0.1, -0.05) is 0 Å². The van der Waals surface area contributed by atoms with Crippen LogP contribution in [0.15, 0.2) is 22.7 Å². The second kappa shape index (κ2) is 3.70. The van der Waals surface area contributed by atoms with Crippen LogP contribution in [0.25, 0.3) is 0 Å². The predicted molar refractivity (Wildman–Crippen MR) is 59.6 cm³/mol. The second-order valence-corrected chi connectivity index (χ2v) is 6.34. The Morgan fingerprint density at radius 1 is 1.17 bits per heavy atom. The Balaban J connectivity index is 3.18. The Kier molecular flexibility index (Phi) is 3.26. The fraction of sp³-hybridized carbons (Fsp3) is 0.400. The number of benzene rings is 1. The summed E-state index contributed by atoms with van der Waals surface area (Å²) in [5.41, 5.74) is 1.65. The van der Waals surface area contributed by atoms with Gasteiger partial charge in [0.2, 0.25) is 0 Å². The van der Waals surface area contributed by atoms with Gasteiger partial charge in [0.15, 0.2) is 0 Å². The first-order valence-corrected chi connectivity index (χ1v) is 5.96. The Morgan fingerprint density at radius 2 is 1.75 bits per heavy atom. The van der Waals surface area contributed by atoms with Crippen molar-refractivity contribution in [3.05, 3.63) is 28.2 Å². The van der Waals surface area contributed by atoms with Crippen LogP contribution < -0.4 is 3.61 Å². The van der Waals surface area contributed by atoms with Crippen LogP contribution in [0.3, 0.4) is 0 Å². The summed E-state index contributed by atoms with van der Waals surface area (Å²) in [6, 6.07) is 6.61. The summed E-state index contributed by atoms with van der Waals surface area (Å²) < 4.78 is 2.55. The molecule has 0 nitrogen and oxygen atoms in total. The third-order valence-electron chi connectivity index (χ3n) is 1.75. The zero-order valence-corrected chi connectivity index (χ0v) is 11.7. The van der Waals surface area contributed by atoms with Gasteiger partial charge in [-0.3, -0.25) is 0 Å². The number of halogens is 1. The summed E-state index contributed by atoms with van der Waals surface area (Å²) in [7, 11) is 0. The molecule has 1 aromatic rings. The van der Waals surface area contributed by atoms with Crippen LogP contribution in [0.1, 0.15) is 26.3 Å². The normalized spacial score (nSPS) is 11.8. The predicted octanol–water partition coefficient (Wildman–Crippen LogP) is 2.27. The molecule has 0 heterocycles. The third kappa shape index (κ3) is 2.76. The van der Waals surface area contributed by atoms with E-state index in [-0.39, 0.29) is 5.41 Å².